The maximum Gasteiger partial charge on any atom is 0.294 e. The molecular formula is C19H18N8O2S. The van der Waals surface area contributed by atoms with Crippen LogP contribution in [0.25, 0.3) is 16.4 Å². The Bertz CT molecular complexity index is 1180. The van der Waals surface area contributed by atoms with E-state index in [1.165, 1.54) is 21.6 Å². The van der Waals surface area contributed by atoms with Crippen LogP contribution in [0.1, 0.15) is 41.4 Å². The topological polar surface area (TPSA) is 137 Å². The molecule has 0 aliphatic heterocycles. The quantitative estimate of drug-likeness (QED) is 0.360. The summed E-state index contributed by atoms with van der Waals surface area (Å²) < 4.78 is 5.96. The normalized spacial score (nSPS) is 11.4. The van der Waals surface area contributed by atoms with Gasteiger partial charge < -0.3 is 5.73 Å². The molecule has 152 valence electrons. The first kappa shape index (κ1) is 19.5. The Morgan fingerprint density at radius 1 is 1.27 bits per heavy atom. The van der Waals surface area contributed by atoms with Crippen molar-refractivity contribution in [1.29, 1.82) is 0 Å². The summed E-state index contributed by atoms with van der Waals surface area (Å²) in [6.07, 6.45) is 1.57. The highest BCUT2D eigenvalue weighted by Crippen LogP contribution is 2.29. The molecule has 0 aliphatic rings. The number of aromatic nitrogens is 5. The van der Waals surface area contributed by atoms with Crippen LogP contribution in [0, 0.1) is 0 Å². The van der Waals surface area contributed by atoms with Crippen molar-refractivity contribution in [3.05, 3.63) is 58.6 Å². The van der Waals surface area contributed by atoms with Crippen LogP contribution >= 0.6 is 11.3 Å². The number of nitrogens with zero attached hydrogens (tertiary/aromatic N) is 6. The molecular weight excluding hydrogens is 404 g/mol. The number of carbonyl (C=O) groups is 1. The number of hydrogen-bond acceptors (Lipinski definition) is 9. The van der Waals surface area contributed by atoms with Gasteiger partial charge in [-0.2, -0.15) is 9.78 Å². The second-order valence-electron chi connectivity index (χ2n) is 6.67. The molecule has 3 heterocycles. The predicted octanol–water partition coefficient (Wildman–Crippen LogP) is 2.85. The summed E-state index contributed by atoms with van der Waals surface area (Å²) in [5.41, 5.74) is 10.9. The van der Waals surface area contributed by atoms with Crippen LogP contribution in [-0.4, -0.2) is 37.4 Å². The molecule has 0 aliphatic carbocycles. The number of anilines is 1. The summed E-state index contributed by atoms with van der Waals surface area (Å²) in [7, 11) is 0. The maximum atomic E-state index is 12.7. The van der Waals surface area contributed by atoms with Crippen LogP contribution in [-0.2, 0) is 0 Å². The van der Waals surface area contributed by atoms with Gasteiger partial charge >= 0.3 is 0 Å². The number of nitrogens with two attached hydrogens (primary N) is 1. The molecule has 0 unspecified atom stereocenters. The molecule has 0 saturated carbocycles. The molecule has 1 aromatic carbocycles. The lowest BCUT2D eigenvalue weighted by atomic mass is 10.0. The average molecular weight is 422 g/mol. The molecule has 4 aromatic rings. The first-order valence-corrected chi connectivity index (χ1v) is 9.94. The van der Waals surface area contributed by atoms with Crippen molar-refractivity contribution >= 4 is 29.3 Å². The largest absolute Gasteiger partial charge is 0.378 e. The van der Waals surface area contributed by atoms with Crippen molar-refractivity contribution in [3.63, 3.8) is 0 Å². The van der Waals surface area contributed by atoms with E-state index in [1.807, 2.05) is 41.8 Å². The van der Waals surface area contributed by atoms with E-state index in [4.69, 9.17) is 5.73 Å². The Hall–Kier alpha value is -3.86. The fourth-order valence-electron chi connectivity index (χ4n) is 2.74. The van der Waals surface area contributed by atoms with Gasteiger partial charge in [0.15, 0.2) is 5.69 Å². The van der Waals surface area contributed by atoms with Gasteiger partial charge in [0.1, 0.15) is 5.69 Å². The van der Waals surface area contributed by atoms with Crippen LogP contribution in [0.15, 0.2) is 51.5 Å². The molecule has 0 fully saturated rings. The number of nitrogens with one attached hydrogen (secondary N) is 1. The van der Waals surface area contributed by atoms with Crippen LogP contribution in [0.3, 0.4) is 0 Å². The molecule has 3 N–H and O–H groups in total. The number of hydrogen-bond donors (Lipinski definition) is 2. The van der Waals surface area contributed by atoms with Gasteiger partial charge in [-0.05, 0) is 38.8 Å². The van der Waals surface area contributed by atoms with Crippen molar-refractivity contribution in [2.45, 2.75) is 19.8 Å². The Morgan fingerprint density at radius 2 is 2.07 bits per heavy atom. The number of benzene rings is 1. The number of rotatable bonds is 6. The fourth-order valence-corrected chi connectivity index (χ4v) is 3.50. The first-order valence-electron chi connectivity index (χ1n) is 9.06. The monoisotopic (exact) mass is 422 g/mol. The molecule has 3 aromatic heterocycles. The summed E-state index contributed by atoms with van der Waals surface area (Å²) >= 11 is 1.41. The second-order valence-corrected chi connectivity index (χ2v) is 7.62. The average Bonchev–Trinajstić information content (AvgIpc) is 3.48. The third-order valence-corrected chi connectivity index (χ3v) is 5.20. The zero-order valence-corrected chi connectivity index (χ0v) is 17.0. The summed E-state index contributed by atoms with van der Waals surface area (Å²) in [4.78, 5) is 13.5. The van der Waals surface area contributed by atoms with E-state index < -0.39 is 5.91 Å². The van der Waals surface area contributed by atoms with E-state index in [-0.39, 0.29) is 17.3 Å². The van der Waals surface area contributed by atoms with E-state index in [1.54, 1.807) is 6.21 Å². The molecule has 4 rings (SSSR count). The van der Waals surface area contributed by atoms with E-state index >= 15 is 0 Å². The van der Waals surface area contributed by atoms with E-state index in [2.05, 4.69) is 49.6 Å². The van der Waals surface area contributed by atoms with Crippen molar-refractivity contribution in [2.75, 3.05) is 5.73 Å². The van der Waals surface area contributed by atoms with Crippen molar-refractivity contribution in [1.82, 2.24) is 30.7 Å². The Kier molecular flexibility index (Phi) is 5.35. The van der Waals surface area contributed by atoms with Crippen molar-refractivity contribution in [2.24, 2.45) is 5.10 Å². The number of thiophene rings is 1. The molecule has 10 nitrogen and oxygen atoms in total. The van der Waals surface area contributed by atoms with E-state index in [9.17, 15) is 4.79 Å². The Balaban J connectivity index is 1.58. The maximum absolute atomic E-state index is 12.7. The molecule has 30 heavy (non-hydrogen) atoms. The number of amides is 1. The van der Waals surface area contributed by atoms with Crippen LogP contribution in [0.4, 0.5) is 5.82 Å². The molecule has 0 radical (unpaired) electrons. The van der Waals surface area contributed by atoms with Gasteiger partial charge in [0, 0.05) is 0 Å². The predicted molar refractivity (Wildman–Crippen MR) is 113 cm³/mol. The zero-order chi connectivity index (χ0) is 21.1. The molecule has 0 saturated heterocycles. The SMILES string of the molecule is CC(C)c1ccc(/C=N/NC(=O)c2nnn(-c3nonc3N)c2-c2cccs2)cc1. The Morgan fingerprint density at radius 3 is 2.70 bits per heavy atom. The first-order chi connectivity index (χ1) is 14.5. The number of hydrazone groups is 1. The molecule has 1 amide bonds. The minimum absolute atomic E-state index is 0.0347. The highest BCUT2D eigenvalue weighted by molar-refractivity contribution is 7.13. The summed E-state index contributed by atoms with van der Waals surface area (Å²) in [5, 5.41) is 21.2. The van der Waals surface area contributed by atoms with Gasteiger partial charge in [-0.3, -0.25) is 4.79 Å². The minimum Gasteiger partial charge on any atom is -0.378 e. The third-order valence-electron chi connectivity index (χ3n) is 4.32. The lowest BCUT2D eigenvalue weighted by Crippen LogP contribution is -2.19. The van der Waals surface area contributed by atoms with Gasteiger partial charge in [0.25, 0.3) is 5.91 Å². The second kappa shape index (κ2) is 8.25. The Labute approximate surface area is 175 Å². The molecule has 11 heteroatoms. The van der Waals surface area contributed by atoms with Crippen LogP contribution < -0.4 is 11.2 Å². The summed E-state index contributed by atoms with van der Waals surface area (Å²) in [6.45, 7) is 4.26. The van der Waals surface area contributed by atoms with Gasteiger partial charge in [0.05, 0.1) is 11.1 Å². The molecule has 0 spiro atoms. The lowest BCUT2D eigenvalue weighted by Gasteiger charge is -2.04. The summed E-state index contributed by atoms with van der Waals surface area (Å²) in [5.74, 6) is 0.115. The summed E-state index contributed by atoms with van der Waals surface area (Å²) in [6, 6.07) is 11.6. The van der Waals surface area contributed by atoms with Gasteiger partial charge in [-0.25, -0.2) is 10.1 Å². The third kappa shape index (κ3) is 3.82. The minimum atomic E-state index is -0.519. The van der Waals surface area contributed by atoms with E-state index in [0.717, 1.165) is 10.4 Å². The van der Waals surface area contributed by atoms with Gasteiger partial charge in [0.2, 0.25) is 11.6 Å². The highest BCUT2D eigenvalue weighted by atomic mass is 32.1. The standard InChI is InChI=1S/C19H18N8O2S/c1-11(2)13-7-5-12(6-8-13)10-21-23-19(28)15-16(14-4-3-9-30-14)27(26-22-15)18-17(20)24-29-25-18/h3-11H,1-2H3,(H2,20,24)(H,23,28)/b21-10+. The molecule has 0 atom stereocenters. The zero-order valence-electron chi connectivity index (χ0n) is 16.2. The highest BCUT2D eigenvalue weighted by Gasteiger charge is 2.25. The van der Waals surface area contributed by atoms with Crippen molar-refractivity contribution in [3.8, 4) is 16.4 Å². The van der Waals surface area contributed by atoms with Gasteiger partial charge in [-0.15, -0.1) is 16.4 Å². The van der Waals surface area contributed by atoms with E-state index in [0.29, 0.717) is 11.6 Å². The fraction of sp³-hybridized carbons (Fsp3) is 0.158. The lowest BCUT2D eigenvalue weighted by molar-refractivity contribution is 0.0951. The van der Waals surface area contributed by atoms with Gasteiger partial charge in [-0.1, -0.05) is 49.4 Å². The molecule has 0 bridgehead atoms. The number of nitrogen functional groups attached to an aromatic ring is 1. The van der Waals surface area contributed by atoms with Crippen LogP contribution in [0.5, 0.6) is 0 Å². The smallest absolute Gasteiger partial charge is 0.294 e. The van der Waals surface area contributed by atoms with Crippen molar-refractivity contribution < 1.29 is 9.42 Å². The number of carbonyl (C=O) groups excluding carboxylic acids is 1. The van der Waals surface area contributed by atoms with Crippen LogP contribution in [0.2, 0.25) is 0 Å².